The monoisotopic (exact) mass is 296 g/mol. The van der Waals surface area contributed by atoms with E-state index in [9.17, 15) is 5.11 Å². The first-order valence-electron chi connectivity index (χ1n) is 6.30. The summed E-state index contributed by atoms with van der Waals surface area (Å²) in [5, 5.41) is 10.9. The van der Waals surface area contributed by atoms with E-state index >= 15 is 0 Å². The van der Waals surface area contributed by atoms with Gasteiger partial charge in [0.1, 0.15) is 0 Å². The van der Waals surface area contributed by atoms with Crippen LogP contribution >= 0.6 is 15.9 Å². The summed E-state index contributed by atoms with van der Waals surface area (Å²) >= 11 is 3.52. The molecule has 0 radical (unpaired) electrons. The molecule has 1 aliphatic carbocycles. The van der Waals surface area contributed by atoms with Crippen molar-refractivity contribution >= 4 is 15.9 Å². The van der Waals surface area contributed by atoms with Gasteiger partial charge in [0.25, 0.3) is 0 Å². The Bertz CT molecular complexity index is 437. The fourth-order valence-electron chi connectivity index (χ4n) is 2.84. The van der Waals surface area contributed by atoms with Gasteiger partial charge in [0.2, 0.25) is 0 Å². The molecule has 1 nitrogen and oxygen atoms in total. The molecule has 17 heavy (non-hydrogen) atoms. The van der Waals surface area contributed by atoms with Gasteiger partial charge < -0.3 is 5.11 Å². The molecule has 0 saturated carbocycles. The molecule has 1 aromatic carbocycles. The van der Waals surface area contributed by atoms with Crippen LogP contribution in [0, 0.1) is 5.92 Å². The molecule has 1 atom stereocenters. The van der Waals surface area contributed by atoms with Crippen molar-refractivity contribution in [2.75, 3.05) is 0 Å². The summed E-state index contributed by atoms with van der Waals surface area (Å²) in [6.45, 7) is 8.73. The molecule has 1 aromatic rings. The zero-order valence-electron chi connectivity index (χ0n) is 11.0. The van der Waals surface area contributed by atoms with E-state index in [0.29, 0.717) is 0 Å². The molecule has 0 bridgehead atoms. The molecule has 2 rings (SSSR count). The molecule has 0 fully saturated rings. The minimum absolute atomic E-state index is 0.164. The van der Waals surface area contributed by atoms with Crippen LogP contribution in [0.4, 0.5) is 0 Å². The van der Waals surface area contributed by atoms with Crippen LogP contribution in [0.5, 0.6) is 0 Å². The van der Waals surface area contributed by atoms with Gasteiger partial charge in [-0.05, 0) is 47.4 Å². The van der Waals surface area contributed by atoms with Crippen LogP contribution in [-0.2, 0) is 11.0 Å². The number of halogens is 1. The summed E-state index contributed by atoms with van der Waals surface area (Å²) in [5.41, 5.74) is 1.90. The van der Waals surface area contributed by atoms with E-state index in [-0.39, 0.29) is 11.3 Å². The summed E-state index contributed by atoms with van der Waals surface area (Å²) in [6.07, 6.45) is 1.89. The standard InChI is InChI=1S/C15H21BrO/c1-10(2)15(17)8-7-14(3,4)12-6-5-11(16)9-13(12)15/h5-6,9-10,17H,7-8H2,1-4H3. The van der Waals surface area contributed by atoms with E-state index in [1.54, 1.807) is 0 Å². The lowest BCUT2D eigenvalue weighted by Gasteiger charge is -2.44. The quantitative estimate of drug-likeness (QED) is 0.816. The van der Waals surface area contributed by atoms with Gasteiger partial charge in [0.15, 0.2) is 0 Å². The summed E-state index contributed by atoms with van der Waals surface area (Å²) in [4.78, 5) is 0. The maximum atomic E-state index is 10.9. The molecular formula is C15H21BrO. The first-order valence-corrected chi connectivity index (χ1v) is 7.09. The van der Waals surface area contributed by atoms with Crippen LogP contribution in [0.3, 0.4) is 0 Å². The smallest absolute Gasteiger partial charge is 0.0922 e. The second kappa shape index (κ2) is 4.10. The Morgan fingerprint density at radius 1 is 1.18 bits per heavy atom. The Morgan fingerprint density at radius 2 is 1.82 bits per heavy atom. The minimum atomic E-state index is -0.672. The second-order valence-corrected chi connectivity index (χ2v) is 7.07. The topological polar surface area (TPSA) is 20.2 Å². The first-order chi connectivity index (χ1) is 7.77. The molecule has 2 heteroatoms. The second-order valence-electron chi connectivity index (χ2n) is 6.15. The van der Waals surface area contributed by atoms with Gasteiger partial charge in [0, 0.05) is 4.47 Å². The Hall–Kier alpha value is -0.340. The van der Waals surface area contributed by atoms with Gasteiger partial charge >= 0.3 is 0 Å². The molecule has 94 valence electrons. The Labute approximate surface area is 112 Å². The summed E-state index contributed by atoms with van der Waals surface area (Å²) in [7, 11) is 0. The van der Waals surface area contributed by atoms with Gasteiger partial charge in [-0.2, -0.15) is 0 Å². The Morgan fingerprint density at radius 3 is 2.41 bits per heavy atom. The van der Waals surface area contributed by atoms with Crippen molar-refractivity contribution in [1.82, 2.24) is 0 Å². The normalized spacial score (nSPS) is 27.0. The molecule has 0 aliphatic heterocycles. The Kier molecular flexibility index (Phi) is 3.16. The fourth-order valence-corrected chi connectivity index (χ4v) is 3.20. The minimum Gasteiger partial charge on any atom is -0.385 e. The molecule has 0 amide bonds. The fraction of sp³-hybridized carbons (Fsp3) is 0.600. The Balaban J connectivity index is 2.65. The number of benzene rings is 1. The molecule has 0 spiro atoms. The van der Waals surface area contributed by atoms with Crippen molar-refractivity contribution in [3.05, 3.63) is 33.8 Å². The molecule has 1 unspecified atom stereocenters. The highest BCUT2D eigenvalue weighted by atomic mass is 79.9. The lowest BCUT2D eigenvalue weighted by molar-refractivity contribution is -0.0342. The third-order valence-electron chi connectivity index (χ3n) is 4.26. The largest absolute Gasteiger partial charge is 0.385 e. The van der Waals surface area contributed by atoms with E-state index in [1.165, 1.54) is 5.56 Å². The third-order valence-corrected chi connectivity index (χ3v) is 4.76. The van der Waals surface area contributed by atoms with E-state index in [4.69, 9.17) is 0 Å². The maximum absolute atomic E-state index is 10.9. The van der Waals surface area contributed by atoms with Gasteiger partial charge in [-0.15, -0.1) is 0 Å². The van der Waals surface area contributed by atoms with Crippen LogP contribution < -0.4 is 0 Å². The van der Waals surface area contributed by atoms with Crippen molar-refractivity contribution in [1.29, 1.82) is 0 Å². The molecule has 1 aliphatic rings. The average molecular weight is 297 g/mol. The predicted octanol–water partition coefficient (Wildman–Crippen LogP) is 4.36. The highest BCUT2D eigenvalue weighted by Crippen LogP contribution is 2.48. The van der Waals surface area contributed by atoms with E-state index in [0.717, 1.165) is 22.9 Å². The summed E-state index contributed by atoms with van der Waals surface area (Å²) in [5.74, 6) is 0.242. The highest BCUT2D eigenvalue weighted by molar-refractivity contribution is 9.10. The maximum Gasteiger partial charge on any atom is 0.0922 e. The molecule has 0 aromatic heterocycles. The number of hydrogen-bond donors (Lipinski definition) is 1. The number of rotatable bonds is 1. The van der Waals surface area contributed by atoms with Crippen LogP contribution in [-0.4, -0.2) is 5.11 Å². The number of fused-ring (bicyclic) bond motifs is 1. The van der Waals surface area contributed by atoms with Gasteiger partial charge in [-0.25, -0.2) is 0 Å². The summed E-state index contributed by atoms with van der Waals surface area (Å²) in [6, 6.07) is 6.33. The van der Waals surface area contributed by atoms with Crippen LogP contribution in [0.15, 0.2) is 22.7 Å². The summed E-state index contributed by atoms with van der Waals surface area (Å²) < 4.78 is 1.05. The van der Waals surface area contributed by atoms with Crippen LogP contribution in [0.2, 0.25) is 0 Å². The highest BCUT2D eigenvalue weighted by Gasteiger charge is 2.43. The molecule has 1 N–H and O–H groups in total. The van der Waals surface area contributed by atoms with Gasteiger partial charge in [-0.1, -0.05) is 49.7 Å². The van der Waals surface area contributed by atoms with E-state index in [2.05, 4.69) is 61.8 Å². The van der Waals surface area contributed by atoms with Crippen molar-refractivity contribution in [2.24, 2.45) is 5.92 Å². The third kappa shape index (κ3) is 2.06. The predicted molar refractivity (Wildman–Crippen MR) is 75.1 cm³/mol. The van der Waals surface area contributed by atoms with Crippen molar-refractivity contribution < 1.29 is 5.11 Å². The van der Waals surface area contributed by atoms with Crippen molar-refractivity contribution in [2.45, 2.75) is 51.6 Å². The molecular weight excluding hydrogens is 276 g/mol. The van der Waals surface area contributed by atoms with Crippen molar-refractivity contribution in [3.8, 4) is 0 Å². The zero-order valence-corrected chi connectivity index (χ0v) is 12.6. The van der Waals surface area contributed by atoms with E-state index < -0.39 is 5.60 Å². The molecule has 0 heterocycles. The number of hydrogen-bond acceptors (Lipinski definition) is 1. The lowest BCUT2D eigenvalue weighted by atomic mass is 9.64. The SMILES string of the molecule is CC(C)C1(O)CCC(C)(C)c2ccc(Br)cc21. The van der Waals surface area contributed by atoms with Crippen LogP contribution in [0.1, 0.15) is 51.7 Å². The zero-order chi connectivity index (χ0) is 12.8. The first kappa shape index (κ1) is 13.1. The van der Waals surface area contributed by atoms with Gasteiger partial charge in [-0.3, -0.25) is 0 Å². The van der Waals surface area contributed by atoms with E-state index in [1.807, 2.05) is 0 Å². The van der Waals surface area contributed by atoms with Gasteiger partial charge in [0.05, 0.1) is 5.60 Å². The lowest BCUT2D eigenvalue weighted by Crippen LogP contribution is -2.41. The van der Waals surface area contributed by atoms with Crippen LogP contribution in [0.25, 0.3) is 0 Å². The van der Waals surface area contributed by atoms with Crippen molar-refractivity contribution in [3.63, 3.8) is 0 Å². The number of aliphatic hydroxyl groups is 1. The average Bonchev–Trinajstić information content (AvgIpc) is 2.24. The molecule has 0 saturated heterocycles.